The molecule has 0 aliphatic rings. The van der Waals surface area contributed by atoms with Gasteiger partial charge in [-0.3, -0.25) is 0 Å². The number of alkyl halides is 3. The van der Waals surface area contributed by atoms with Crippen molar-refractivity contribution in [1.82, 2.24) is 4.98 Å². The van der Waals surface area contributed by atoms with Crippen molar-refractivity contribution in [3.63, 3.8) is 0 Å². The monoisotopic (exact) mass is 627 g/mol. The van der Waals surface area contributed by atoms with E-state index in [1.165, 1.54) is 17.7 Å². The van der Waals surface area contributed by atoms with E-state index in [0.29, 0.717) is 11.3 Å². The summed E-state index contributed by atoms with van der Waals surface area (Å²) >= 11 is 0. The molecule has 0 atom stereocenters. The fourth-order valence-corrected chi connectivity index (χ4v) is 5.88. The summed E-state index contributed by atoms with van der Waals surface area (Å²) in [6.07, 6.45) is -4.45. The zero-order valence-corrected chi connectivity index (χ0v) is 27.1. The molecular formula is C42H36F3NO. The quantitative estimate of drug-likeness (QED) is 0.183. The van der Waals surface area contributed by atoms with Gasteiger partial charge in [0.05, 0.1) is 24.1 Å². The van der Waals surface area contributed by atoms with Crippen molar-refractivity contribution in [2.24, 2.45) is 0 Å². The van der Waals surface area contributed by atoms with Crippen LogP contribution in [0.15, 0.2) is 127 Å². The first-order valence-electron chi connectivity index (χ1n) is 15.6. The minimum Gasteiger partial charge on any atom is -0.497 e. The lowest BCUT2D eigenvalue weighted by Gasteiger charge is -2.24. The number of aromatic nitrogens is 1. The normalized spacial score (nSPS) is 11.8. The van der Waals surface area contributed by atoms with Gasteiger partial charge in [0.15, 0.2) is 0 Å². The second kappa shape index (κ2) is 12.6. The average molecular weight is 628 g/mol. The number of rotatable bonds is 6. The number of methoxy groups -OCH3 is 1. The average Bonchev–Trinajstić information content (AvgIpc) is 3.07. The van der Waals surface area contributed by atoms with E-state index in [0.717, 1.165) is 68.1 Å². The first-order valence-corrected chi connectivity index (χ1v) is 15.6. The van der Waals surface area contributed by atoms with Crippen LogP contribution in [0.25, 0.3) is 55.9 Å². The van der Waals surface area contributed by atoms with Crippen LogP contribution in [0.2, 0.25) is 0 Å². The summed E-state index contributed by atoms with van der Waals surface area (Å²) in [5.41, 5.74) is 9.97. The Hall–Kier alpha value is -5.16. The number of hydrogen-bond donors (Lipinski definition) is 0. The van der Waals surface area contributed by atoms with E-state index >= 15 is 0 Å². The van der Waals surface area contributed by atoms with Crippen molar-refractivity contribution in [2.45, 2.75) is 39.3 Å². The van der Waals surface area contributed by atoms with Crippen LogP contribution in [-0.2, 0) is 11.6 Å². The molecule has 0 fully saturated rings. The molecule has 0 amide bonds. The SMILES string of the molecule is COc1ccc(-c2c(-c3ccccc3)c(-c3ccc(C(F)(F)F)cc3)nc(-c3ccc(C)cc3)c2-c2ccc(C(C)(C)C)cc2)cc1. The van der Waals surface area contributed by atoms with E-state index < -0.39 is 11.7 Å². The van der Waals surface area contributed by atoms with Gasteiger partial charge in [-0.2, -0.15) is 13.2 Å². The summed E-state index contributed by atoms with van der Waals surface area (Å²) < 4.78 is 46.5. The number of ether oxygens (including phenoxy) is 1. The summed E-state index contributed by atoms with van der Waals surface area (Å²) in [5, 5.41) is 0. The molecule has 0 aliphatic carbocycles. The highest BCUT2D eigenvalue weighted by Crippen LogP contribution is 2.49. The maximum Gasteiger partial charge on any atom is 0.416 e. The molecule has 0 aliphatic heterocycles. The summed E-state index contributed by atoms with van der Waals surface area (Å²) in [6, 6.07) is 40.0. The zero-order valence-electron chi connectivity index (χ0n) is 27.1. The van der Waals surface area contributed by atoms with Gasteiger partial charge in [-0.1, -0.05) is 129 Å². The minimum atomic E-state index is -4.45. The molecule has 0 saturated carbocycles. The Morgan fingerprint density at radius 2 is 0.915 bits per heavy atom. The molecule has 0 saturated heterocycles. The van der Waals surface area contributed by atoms with E-state index in [-0.39, 0.29) is 5.41 Å². The number of benzene rings is 5. The van der Waals surface area contributed by atoms with Crippen molar-refractivity contribution < 1.29 is 17.9 Å². The van der Waals surface area contributed by atoms with Crippen LogP contribution >= 0.6 is 0 Å². The third-order valence-corrected chi connectivity index (χ3v) is 8.49. The fraction of sp³-hybridized carbons (Fsp3) is 0.167. The highest BCUT2D eigenvalue weighted by molar-refractivity contribution is 6.04. The highest BCUT2D eigenvalue weighted by Gasteiger charge is 2.31. The number of halogens is 3. The van der Waals surface area contributed by atoms with Gasteiger partial charge >= 0.3 is 6.18 Å². The second-order valence-electron chi connectivity index (χ2n) is 12.8. The van der Waals surface area contributed by atoms with Crippen molar-refractivity contribution >= 4 is 0 Å². The van der Waals surface area contributed by atoms with Crippen LogP contribution < -0.4 is 4.74 Å². The Bertz CT molecular complexity index is 1990. The van der Waals surface area contributed by atoms with Gasteiger partial charge in [0.1, 0.15) is 5.75 Å². The van der Waals surface area contributed by atoms with Gasteiger partial charge in [0.25, 0.3) is 0 Å². The van der Waals surface area contributed by atoms with Crippen molar-refractivity contribution in [3.8, 4) is 61.6 Å². The van der Waals surface area contributed by atoms with Gasteiger partial charge in [-0.05, 0) is 58.9 Å². The van der Waals surface area contributed by atoms with Gasteiger partial charge in [-0.15, -0.1) is 0 Å². The second-order valence-corrected chi connectivity index (χ2v) is 12.8. The Labute approximate surface area is 274 Å². The molecule has 6 aromatic rings. The molecule has 2 nitrogen and oxygen atoms in total. The van der Waals surface area contributed by atoms with Crippen LogP contribution in [0.4, 0.5) is 13.2 Å². The van der Waals surface area contributed by atoms with Gasteiger partial charge in [-0.25, -0.2) is 4.98 Å². The number of nitrogens with zero attached hydrogens (tertiary/aromatic N) is 1. The summed E-state index contributed by atoms with van der Waals surface area (Å²) in [6.45, 7) is 8.61. The largest absolute Gasteiger partial charge is 0.497 e. The Kier molecular flexibility index (Phi) is 8.50. The predicted molar refractivity (Wildman–Crippen MR) is 186 cm³/mol. The molecule has 1 aromatic heterocycles. The summed E-state index contributed by atoms with van der Waals surface area (Å²) in [7, 11) is 1.64. The number of hydrogen-bond acceptors (Lipinski definition) is 2. The predicted octanol–water partition coefficient (Wildman–Crippen LogP) is 12.0. The van der Waals surface area contributed by atoms with E-state index in [2.05, 4.69) is 69.3 Å². The molecule has 0 unspecified atom stereocenters. The molecule has 0 N–H and O–H groups in total. The highest BCUT2D eigenvalue weighted by atomic mass is 19.4. The third-order valence-electron chi connectivity index (χ3n) is 8.49. The number of pyridine rings is 1. The lowest BCUT2D eigenvalue weighted by Crippen LogP contribution is -2.10. The maximum atomic E-state index is 13.6. The van der Waals surface area contributed by atoms with Crippen molar-refractivity contribution in [2.75, 3.05) is 7.11 Å². The van der Waals surface area contributed by atoms with E-state index in [9.17, 15) is 13.2 Å². The molecule has 6 rings (SSSR count). The molecular weight excluding hydrogens is 591 g/mol. The number of aryl methyl sites for hydroxylation is 1. The molecule has 0 bridgehead atoms. The molecule has 5 heteroatoms. The van der Waals surface area contributed by atoms with Gasteiger partial charge in [0.2, 0.25) is 0 Å². The van der Waals surface area contributed by atoms with Crippen LogP contribution in [0.5, 0.6) is 5.75 Å². The lowest BCUT2D eigenvalue weighted by atomic mass is 9.82. The fourth-order valence-electron chi connectivity index (χ4n) is 5.88. The van der Waals surface area contributed by atoms with Crippen molar-refractivity contribution in [1.29, 1.82) is 0 Å². The molecule has 1 heterocycles. The maximum absolute atomic E-state index is 13.6. The van der Waals surface area contributed by atoms with Crippen LogP contribution in [0, 0.1) is 6.92 Å². The Balaban J connectivity index is 1.78. The smallest absolute Gasteiger partial charge is 0.416 e. The van der Waals surface area contributed by atoms with E-state index in [1.807, 2.05) is 61.5 Å². The molecule has 0 spiro atoms. The Morgan fingerprint density at radius 1 is 0.489 bits per heavy atom. The first kappa shape index (κ1) is 31.8. The first-order chi connectivity index (χ1) is 22.4. The molecule has 236 valence electrons. The van der Waals surface area contributed by atoms with Crippen LogP contribution in [0.3, 0.4) is 0 Å². The third kappa shape index (κ3) is 6.57. The summed E-state index contributed by atoms with van der Waals surface area (Å²) in [4.78, 5) is 5.37. The Morgan fingerprint density at radius 3 is 1.40 bits per heavy atom. The van der Waals surface area contributed by atoms with Gasteiger partial charge < -0.3 is 4.74 Å². The minimum absolute atomic E-state index is 0.0307. The molecule has 0 radical (unpaired) electrons. The van der Waals surface area contributed by atoms with E-state index in [1.54, 1.807) is 7.11 Å². The molecule has 5 aromatic carbocycles. The zero-order chi connectivity index (χ0) is 33.3. The van der Waals surface area contributed by atoms with Gasteiger partial charge in [0, 0.05) is 27.8 Å². The lowest BCUT2D eigenvalue weighted by molar-refractivity contribution is -0.137. The van der Waals surface area contributed by atoms with Crippen LogP contribution in [-0.4, -0.2) is 12.1 Å². The van der Waals surface area contributed by atoms with Crippen LogP contribution in [0.1, 0.15) is 37.5 Å². The molecule has 47 heavy (non-hydrogen) atoms. The summed E-state index contributed by atoms with van der Waals surface area (Å²) in [5.74, 6) is 0.724. The standard InChI is InChI=1S/C42H36F3NO/c1-27-11-13-31(14-12-27)39-38(30-15-21-33(22-16-30)41(2,3)4)36(29-19-25-35(47-5)26-20-29)37(28-9-7-6-8-10-28)40(46-39)32-17-23-34(24-18-32)42(43,44)45/h6-26H,1-5H3. The topological polar surface area (TPSA) is 22.1 Å². The van der Waals surface area contributed by atoms with E-state index in [4.69, 9.17) is 9.72 Å². The van der Waals surface area contributed by atoms with Crippen molar-refractivity contribution in [3.05, 3.63) is 144 Å².